The van der Waals surface area contributed by atoms with Crippen molar-refractivity contribution in [2.45, 2.75) is 54.1 Å². The van der Waals surface area contributed by atoms with Crippen LogP contribution in [0.3, 0.4) is 0 Å². The number of hydrogen-bond acceptors (Lipinski definition) is 2. The van der Waals surface area contributed by atoms with E-state index in [1.807, 2.05) is 0 Å². The highest BCUT2D eigenvalue weighted by Crippen LogP contribution is 2.41. The Labute approximate surface area is 110 Å². The molecule has 3 nitrogen and oxygen atoms in total. The Hall–Kier alpha value is 0.300. The van der Waals surface area contributed by atoms with Gasteiger partial charge in [-0.15, -0.1) is 0 Å². The van der Waals surface area contributed by atoms with Crippen molar-refractivity contribution in [2.24, 2.45) is 0 Å². The third-order valence-electron chi connectivity index (χ3n) is 3.14. The third-order valence-corrected chi connectivity index (χ3v) is 3.74. The number of nitrogens with one attached hydrogen (secondary N) is 1. The fourth-order valence-corrected chi connectivity index (χ4v) is 2.79. The van der Waals surface area contributed by atoms with E-state index in [9.17, 15) is 4.79 Å². The Morgan fingerprint density at radius 2 is 1.75 bits per heavy atom. The van der Waals surface area contributed by atoms with Crippen LogP contribution in [0.4, 0.5) is 0 Å². The molecule has 2 fully saturated rings. The molecular formula is C10H14Cl3NO2. The number of alkyl halides is 3. The molecule has 16 heavy (non-hydrogen) atoms. The monoisotopic (exact) mass is 285 g/mol. The highest BCUT2D eigenvalue weighted by atomic mass is 35.6. The average Bonchev–Trinajstić information content (AvgIpc) is 2.36. The Morgan fingerprint density at radius 1 is 1.19 bits per heavy atom. The Bertz CT molecular complexity index is 282. The van der Waals surface area contributed by atoms with Gasteiger partial charge >= 0.3 is 0 Å². The molecule has 6 heteroatoms. The number of carbonyl (C=O) groups excluding carboxylic acids is 1. The molecule has 1 atom stereocenters. The van der Waals surface area contributed by atoms with Gasteiger partial charge in [-0.05, 0) is 25.7 Å². The minimum absolute atomic E-state index is 0.318. The number of hydrogen-bond donors (Lipinski definition) is 1. The standard InChI is InChI=1S/C10H14Cl3NO2/c11-10(12,13)7-8(15)14-9(16-7)5-3-1-2-4-6-9/h7H,1-6H2,(H,14,15)/t7-/m0/s1. The number of amides is 1. The van der Waals surface area contributed by atoms with E-state index in [-0.39, 0.29) is 5.91 Å². The topological polar surface area (TPSA) is 38.3 Å². The third kappa shape index (κ3) is 2.58. The maximum atomic E-state index is 11.7. The second-order valence-corrected chi connectivity index (χ2v) is 6.81. The SMILES string of the molecule is O=C1NC2(CCCCCC2)O[C@@H]1C(Cl)(Cl)Cl. The van der Waals surface area contributed by atoms with Gasteiger partial charge in [0.1, 0.15) is 5.72 Å². The van der Waals surface area contributed by atoms with Crippen LogP contribution >= 0.6 is 34.8 Å². The summed E-state index contributed by atoms with van der Waals surface area (Å²) in [6, 6.07) is 0. The molecule has 2 rings (SSSR count). The van der Waals surface area contributed by atoms with E-state index in [0.29, 0.717) is 0 Å². The summed E-state index contributed by atoms with van der Waals surface area (Å²) >= 11 is 17.2. The number of rotatable bonds is 0. The lowest BCUT2D eigenvalue weighted by Crippen LogP contribution is -2.42. The number of halogens is 3. The average molecular weight is 287 g/mol. The summed E-state index contributed by atoms with van der Waals surface area (Å²) in [5, 5.41) is 2.85. The molecule has 1 aliphatic heterocycles. The van der Waals surface area contributed by atoms with E-state index >= 15 is 0 Å². The van der Waals surface area contributed by atoms with Crippen molar-refractivity contribution >= 4 is 40.7 Å². The van der Waals surface area contributed by atoms with Crippen molar-refractivity contribution in [3.63, 3.8) is 0 Å². The molecule has 1 saturated carbocycles. The van der Waals surface area contributed by atoms with E-state index < -0.39 is 15.6 Å². The minimum atomic E-state index is -1.69. The van der Waals surface area contributed by atoms with Gasteiger partial charge in [-0.2, -0.15) is 0 Å². The van der Waals surface area contributed by atoms with Crippen LogP contribution in [0.15, 0.2) is 0 Å². The predicted octanol–water partition coefficient (Wildman–Crippen LogP) is 2.92. The smallest absolute Gasteiger partial charge is 0.255 e. The zero-order valence-corrected chi connectivity index (χ0v) is 11.0. The largest absolute Gasteiger partial charge is 0.338 e. The first-order chi connectivity index (χ1) is 7.43. The van der Waals surface area contributed by atoms with Crippen LogP contribution in [0.25, 0.3) is 0 Å². The molecule has 92 valence electrons. The first-order valence-electron chi connectivity index (χ1n) is 5.50. The zero-order chi connectivity index (χ0) is 11.8. The summed E-state index contributed by atoms with van der Waals surface area (Å²) in [6.07, 6.45) is 5.01. The van der Waals surface area contributed by atoms with Crippen LogP contribution in [-0.4, -0.2) is 21.5 Å². The second kappa shape index (κ2) is 4.52. The van der Waals surface area contributed by atoms with Crippen molar-refractivity contribution < 1.29 is 9.53 Å². The van der Waals surface area contributed by atoms with Gasteiger partial charge in [-0.1, -0.05) is 47.6 Å². The summed E-state index contributed by atoms with van der Waals surface area (Å²) in [7, 11) is 0. The fraction of sp³-hybridized carbons (Fsp3) is 0.900. The lowest BCUT2D eigenvalue weighted by molar-refractivity contribution is -0.123. The molecule has 0 aromatic rings. The summed E-state index contributed by atoms with van der Waals surface area (Å²) < 4.78 is 4.00. The van der Waals surface area contributed by atoms with Crippen molar-refractivity contribution in [3.8, 4) is 0 Å². The summed E-state index contributed by atoms with van der Waals surface area (Å²) in [4.78, 5) is 11.7. The maximum Gasteiger partial charge on any atom is 0.255 e. The van der Waals surface area contributed by atoms with Gasteiger partial charge in [-0.3, -0.25) is 4.79 Å². The number of carbonyl (C=O) groups is 1. The molecule has 2 aliphatic rings. The first kappa shape index (κ1) is 12.7. The predicted molar refractivity (Wildman–Crippen MR) is 63.7 cm³/mol. The van der Waals surface area contributed by atoms with Crippen LogP contribution in [-0.2, 0) is 9.53 Å². The normalized spacial score (nSPS) is 30.2. The molecule has 1 amide bonds. The summed E-state index contributed by atoms with van der Waals surface area (Å²) in [5.74, 6) is -0.318. The van der Waals surface area contributed by atoms with Crippen LogP contribution in [0, 0.1) is 0 Å². The van der Waals surface area contributed by atoms with Gasteiger partial charge in [0.15, 0.2) is 6.10 Å². The summed E-state index contributed by atoms with van der Waals surface area (Å²) in [6.45, 7) is 0. The van der Waals surface area contributed by atoms with Gasteiger partial charge in [0.2, 0.25) is 3.79 Å². The highest BCUT2D eigenvalue weighted by molar-refractivity contribution is 6.68. The van der Waals surface area contributed by atoms with Crippen LogP contribution in [0.1, 0.15) is 38.5 Å². The molecular weight excluding hydrogens is 272 g/mol. The van der Waals surface area contributed by atoms with Gasteiger partial charge in [0, 0.05) is 0 Å². The molecule has 1 saturated heterocycles. The first-order valence-corrected chi connectivity index (χ1v) is 6.63. The lowest BCUT2D eigenvalue weighted by atomic mass is 10.1. The Morgan fingerprint density at radius 3 is 2.19 bits per heavy atom. The van der Waals surface area contributed by atoms with E-state index in [4.69, 9.17) is 39.5 Å². The van der Waals surface area contributed by atoms with Crippen LogP contribution in [0.2, 0.25) is 0 Å². The minimum Gasteiger partial charge on any atom is -0.338 e. The van der Waals surface area contributed by atoms with Crippen LogP contribution < -0.4 is 5.32 Å². The molecule has 0 radical (unpaired) electrons. The van der Waals surface area contributed by atoms with Gasteiger partial charge in [0.05, 0.1) is 0 Å². The quantitative estimate of drug-likeness (QED) is 0.695. The van der Waals surface area contributed by atoms with Crippen molar-refractivity contribution in [2.75, 3.05) is 0 Å². The van der Waals surface area contributed by atoms with E-state index in [1.54, 1.807) is 0 Å². The maximum absolute atomic E-state index is 11.7. The molecule has 0 bridgehead atoms. The second-order valence-electron chi connectivity index (χ2n) is 4.44. The molecule has 1 aliphatic carbocycles. The molecule has 0 unspecified atom stereocenters. The molecule has 1 N–H and O–H groups in total. The Kier molecular flexibility index (Phi) is 3.60. The highest BCUT2D eigenvalue weighted by Gasteiger charge is 2.52. The molecule has 0 aromatic heterocycles. The van der Waals surface area contributed by atoms with Gasteiger partial charge < -0.3 is 10.1 Å². The molecule has 1 spiro atoms. The zero-order valence-electron chi connectivity index (χ0n) is 8.77. The van der Waals surface area contributed by atoms with Gasteiger partial charge in [-0.25, -0.2) is 0 Å². The van der Waals surface area contributed by atoms with E-state index in [0.717, 1.165) is 25.7 Å². The van der Waals surface area contributed by atoms with Crippen LogP contribution in [0.5, 0.6) is 0 Å². The van der Waals surface area contributed by atoms with Crippen molar-refractivity contribution in [1.29, 1.82) is 0 Å². The van der Waals surface area contributed by atoms with Crippen molar-refractivity contribution in [3.05, 3.63) is 0 Å². The van der Waals surface area contributed by atoms with Crippen molar-refractivity contribution in [1.82, 2.24) is 5.32 Å². The van der Waals surface area contributed by atoms with Gasteiger partial charge in [0.25, 0.3) is 5.91 Å². The fourth-order valence-electron chi connectivity index (χ4n) is 2.36. The lowest BCUT2D eigenvalue weighted by Gasteiger charge is -2.28. The number of ether oxygens (including phenoxy) is 1. The summed E-state index contributed by atoms with van der Waals surface area (Å²) in [5.41, 5.74) is -0.595. The molecule has 0 aromatic carbocycles. The Balaban J connectivity index is 2.12. The van der Waals surface area contributed by atoms with E-state index in [2.05, 4.69) is 5.32 Å². The van der Waals surface area contributed by atoms with E-state index in [1.165, 1.54) is 12.8 Å². The molecule has 1 heterocycles.